The number of hydrogen-bond donors (Lipinski definition) is 0. The lowest BCUT2D eigenvalue weighted by molar-refractivity contribution is 0.682. The molecule has 0 unspecified atom stereocenters. The average Bonchev–Trinajstić information content (AvgIpc) is 2.36. The van der Waals surface area contributed by atoms with Gasteiger partial charge >= 0.3 is 0 Å². The zero-order valence-corrected chi connectivity index (χ0v) is 9.11. The fourth-order valence-electron chi connectivity index (χ4n) is 1.81. The molecule has 2 aromatic rings. The standard InChI is InChI=1S/C12H8NO2S/c14-13-9-5-1-3-7-11(9)16(15)12-8-4-2-6-10(12)13/h1-8H/q-1. The molecule has 16 heavy (non-hydrogen) atoms. The van der Waals surface area contributed by atoms with Gasteiger partial charge in [0.05, 0.1) is 20.6 Å². The van der Waals surface area contributed by atoms with E-state index in [0.717, 1.165) is 5.06 Å². The Balaban J connectivity index is 2.30. The molecule has 0 spiro atoms. The van der Waals surface area contributed by atoms with E-state index in [0.29, 0.717) is 21.2 Å². The second-order valence-corrected chi connectivity index (χ2v) is 4.92. The van der Waals surface area contributed by atoms with Crippen LogP contribution in [-0.2, 0) is 10.8 Å². The minimum absolute atomic E-state index is 0.472. The SMILES string of the molecule is O=S1c2ccccc2N([O-])c2ccccc21. The van der Waals surface area contributed by atoms with Crippen molar-refractivity contribution in [3.63, 3.8) is 0 Å². The van der Waals surface area contributed by atoms with Gasteiger partial charge in [-0.2, -0.15) is 0 Å². The molecule has 0 aliphatic carbocycles. The number of rotatable bonds is 0. The molecule has 0 bridgehead atoms. The maximum atomic E-state index is 12.2. The fourth-order valence-corrected chi connectivity index (χ4v) is 3.13. The third-order valence-corrected chi connectivity index (χ3v) is 4.06. The van der Waals surface area contributed by atoms with Crippen LogP contribution in [0.3, 0.4) is 0 Å². The van der Waals surface area contributed by atoms with Gasteiger partial charge < -0.3 is 10.3 Å². The van der Waals surface area contributed by atoms with Gasteiger partial charge in [0.2, 0.25) is 0 Å². The minimum Gasteiger partial charge on any atom is -0.754 e. The van der Waals surface area contributed by atoms with Crippen molar-refractivity contribution in [2.75, 3.05) is 5.06 Å². The minimum atomic E-state index is -1.25. The van der Waals surface area contributed by atoms with Gasteiger partial charge in [0.15, 0.2) is 0 Å². The lowest BCUT2D eigenvalue weighted by Gasteiger charge is -2.37. The van der Waals surface area contributed by atoms with Crippen LogP contribution in [0.25, 0.3) is 0 Å². The molecule has 80 valence electrons. The monoisotopic (exact) mass is 230 g/mol. The Morgan fingerprint density at radius 1 is 0.875 bits per heavy atom. The highest BCUT2D eigenvalue weighted by atomic mass is 32.2. The second-order valence-electron chi connectivity index (χ2n) is 3.50. The predicted molar refractivity (Wildman–Crippen MR) is 63.1 cm³/mol. The summed E-state index contributed by atoms with van der Waals surface area (Å²) in [5, 5.41) is 12.9. The number of benzene rings is 2. The van der Waals surface area contributed by atoms with Crippen molar-refractivity contribution in [2.45, 2.75) is 9.79 Å². The van der Waals surface area contributed by atoms with Gasteiger partial charge in [-0.3, -0.25) is 0 Å². The molecule has 3 rings (SSSR count). The van der Waals surface area contributed by atoms with Crippen LogP contribution in [0.15, 0.2) is 58.3 Å². The average molecular weight is 230 g/mol. The molecular weight excluding hydrogens is 222 g/mol. The van der Waals surface area contributed by atoms with Gasteiger partial charge in [-0.25, -0.2) is 4.21 Å². The summed E-state index contributed by atoms with van der Waals surface area (Å²) in [6.07, 6.45) is 0. The molecule has 3 nitrogen and oxygen atoms in total. The normalized spacial score (nSPS) is 14.4. The van der Waals surface area contributed by atoms with Gasteiger partial charge in [0.25, 0.3) is 0 Å². The van der Waals surface area contributed by atoms with Crippen LogP contribution in [0.5, 0.6) is 0 Å². The van der Waals surface area contributed by atoms with Gasteiger partial charge in [0.1, 0.15) is 0 Å². The zero-order chi connectivity index (χ0) is 11.1. The molecule has 0 saturated carbocycles. The van der Waals surface area contributed by atoms with Gasteiger partial charge in [-0.1, -0.05) is 24.3 Å². The van der Waals surface area contributed by atoms with E-state index in [4.69, 9.17) is 0 Å². The highest BCUT2D eigenvalue weighted by molar-refractivity contribution is 7.85. The Morgan fingerprint density at radius 3 is 1.81 bits per heavy atom. The Morgan fingerprint density at radius 2 is 1.31 bits per heavy atom. The molecule has 0 fully saturated rings. The number of anilines is 2. The predicted octanol–water partition coefficient (Wildman–Crippen LogP) is 2.80. The van der Waals surface area contributed by atoms with E-state index in [2.05, 4.69) is 0 Å². The summed E-state index contributed by atoms with van der Waals surface area (Å²) in [6.45, 7) is 0. The second kappa shape index (κ2) is 3.43. The van der Waals surface area contributed by atoms with Crippen LogP contribution >= 0.6 is 0 Å². The molecule has 0 amide bonds. The maximum absolute atomic E-state index is 12.2. The van der Waals surface area contributed by atoms with E-state index in [1.807, 2.05) is 0 Å². The van der Waals surface area contributed by atoms with Crippen LogP contribution in [-0.4, -0.2) is 4.21 Å². The Kier molecular flexibility index (Phi) is 2.05. The van der Waals surface area contributed by atoms with E-state index in [9.17, 15) is 9.42 Å². The molecule has 0 atom stereocenters. The molecule has 1 aliphatic rings. The third-order valence-electron chi connectivity index (χ3n) is 2.57. The summed E-state index contributed by atoms with van der Waals surface area (Å²) in [5.41, 5.74) is 0.944. The van der Waals surface area contributed by atoms with Crippen molar-refractivity contribution in [3.8, 4) is 0 Å². The fraction of sp³-hybridized carbons (Fsp3) is 0. The third kappa shape index (κ3) is 1.20. The van der Waals surface area contributed by atoms with Gasteiger partial charge in [-0.15, -0.1) is 0 Å². The maximum Gasteiger partial charge on any atom is 0.0891 e. The molecular formula is C12H8NO2S-. The summed E-state index contributed by atoms with van der Waals surface area (Å²) in [7, 11) is -1.25. The molecule has 4 heteroatoms. The van der Waals surface area contributed by atoms with Crippen LogP contribution in [0.2, 0.25) is 0 Å². The number of hydrogen-bond acceptors (Lipinski definition) is 3. The molecule has 0 aromatic heterocycles. The van der Waals surface area contributed by atoms with E-state index >= 15 is 0 Å². The Labute approximate surface area is 95.4 Å². The van der Waals surface area contributed by atoms with Gasteiger partial charge in [-0.05, 0) is 24.3 Å². The quantitative estimate of drug-likeness (QED) is 0.699. The van der Waals surface area contributed by atoms with Crippen molar-refractivity contribution >= 4 is 22.2 Å². The first-order valence-corrected chi connectivity index (χ1v) is 6.01. The summed E-state index contributed by atoms with van der Waals surface area (Å²) in [4.78, 5) is 1.16. The van der Waals surface area contributed by atoms with E-state index in [1.165, 1.54) is 0 Å². The highest BCUT2D eigenvalue weighted by Gasteiger charge is 2.22. The van der Waals surface area contributed by atoms with Crippen molar-refractivity contribution in [3.05, 3.63) is 53.7 Å². The van der Waals surface area contributed by atoms with Crippen molar-refractivity contribution in [1.82, 2.24) is 0 Å². The molecule has 1 aliphatic heterocycles. The van der Waals surface area contributed by atoms with E-state index in [1.54, 1.807) is 48.5 Å². The highest BCUT2D eigenvalue weighted by Crippen LogP contribution is 2.40. The van der Waals surface area contributed by atoms with E-state index < -0.39 is 10.8 Å². The van der Waals surface area contributed by atoms with Crippen LogP contribution in [0.1, 0.15) is 0 Å². The molecule has 0 saturated heterocycles. The lowest BCUT2D eigenvalue weighted by Crippen LogP contribution is -2.17. The summed E-state index contributed by atoms with van der Waals surface area (Å²) < 4.78 is 12.2. The first kappa shape index (κ1) is 9.57. The van der Waals surface area contributed by atoms with Crippen molar-refractivity contribution < 1.29 is 4.21 Å². The lowest BCUT2D eigenvalue weighted by atomic mass is 10.2. The van der Waals surface area contributed by atoms with Crippen molar-refractivity contribution in [2.24, 2.45) is 0 Å². The van der Waals surface area contributed by atoms with Crippen LogP contribution in [0.4, 0.5) is 11.4 Å². The largest absolute Gasteiger partial charge is 0.754 e. The molecule has 2 aromatic carbocycles. The molecule has 1 heterocycles. The summed E-state index contributed by atoms with van der Waals surface area (Å²) in [6, 6.07) is 14.0. The molecule has 0 radical (unpaired) electrons. The number of fused-ring (bicyclic) bond motifs is 2. The molecule has 0 N–H and O–H groups in total. The number of nitrogens with zero attached hydrogens (tertiary/aromatic N) is 1. The van der Waals surface area contributed by atoms with Crippen LogP contribution in [0, 0.1) is 5.21 Å². The van der Waals surface area contributed by atoms with E-state index in [-0.39, 0.29) is 0 Å². The first-order valence-electron chi connectivity index (χ1n) is 4.86. The van der Waals surface area contributed by atoms with Crippen LogP contribution < -0.4 is 5.06 Å². The number of para-hydroxylation sites is 2. The Bertz CT molecular complexity index is 533. The Hall–Kier alpha value is -1.65. The first-order chi connectivity index (χ1) is 7.79. The smallest absolute Gasteiger partial charge is 0.0891 e. The summed E-state index contributed by atoms with van der Waals surface area (Å²) in [5.74, 6) is 0. The summed E-state index contributed by atoms with van der Waals surface area (Å²) >= 11 is 0. The van der Waals surface area contributed by atoms with Gasteiger partial charge in [0, 0.05) is 11.4 Å². The van der Waals surface area contributed by atoms with Crippen molar-refractivity contribution in [1.29, 1.82) is 0 Å². The zero-order valence-electron chi connectivity index (χ0n) is 8.29. The topological polar surface area (TPSA) is 43.4 Å².